The summed E-state index contributed by atoms with van der Waals surface area (Å²) >= 11 is 0. The van der Waals surface area contributed by atoms with Gasteiger partial charge in [0.1, 0.15) is 0 Å². The summed E-state index contributed by atoms with van der Waals surface area (Å²) in [6.07, 6.45) is -4.73. The fourth-order valence-corrected chi connectivity index (χ4v) is 1.49. The number of carbonyl (C=O) groups is 2. The van der Waals surface area contributed by atoms with Gasteiger partial charge in [0.25, 0.3) is 0 Å². The molecule has 0 aromatic carbocycles. The molecule has 0 heterocycles. The van der Waals surface area contributed by atoms with Gasteiger partial charge in [0.15, 0.2) is 0 Å². The minimum atomic E-state index is -4.92. The number of carboxylic acids is 1. The summed E-state index contributed by atoms with van der Waals surface area (Å²) in [7, 11) is 0. The van der Waals surface area contributed by atoms with E-state index >= 15 is 0 Å². The Morgan fingerprint density at radius 3 is 2.18 bits per heavy atom. The van der Waals surface area contributed by atoms with Gasteiger partial charge in [-0.1, -0.05) is 13.8 Å². The van der Waals surface area contributed by atoms with Crippen molar-refractivity contribution < 1.29 is 27.9 Å². The maximum absolute atomic E-state index is 11.9. The van der Waals surface area contributed by atoms with Crippen molar-refractivity contribution >= 4 is 11.9 Å². The van der Waals surface area contributed by atoms with Crippen molar-refractivity contribution in [1.29, 1.82) is 0 Å². The Bertz CT molecular complexity index is 276. The van der Waals surface area contributed by atoms with Crippen molar-refractivity contribution in [3.8, 4) is 0 Å². The Morgan fingerprint density at radius 2 is 1.82 bits per heavy atom. The highest BCUT2D eigenvalue weighted by molar-refractivity contribution is 5.81. The average molecular weight is 255 g/mol. The first-order valence-corrected chi connectivity index (χ1v) is 5.19. The van der Waals surface area contributed by atoms with Crippen LogP contribution in [-0.4, -0.2) is 29.7 Å². The fraction of sp³-hybridized carbons (Fsp3) is 0.800. The maximum atomic E-state index is 11.9. The highest BCUT2D eigenvalue weighted by Crippen LogP contribution is 2.17. The summed E-state index contributed by atoms with van der Waals surface area (Å²) in [4.78, 5) is 21.1. The molecule has 0 aliphatic rings. The number of carboxylic acid groups (broad SMARTS) is 1. The zero-order chi connectivity index (χ0) is 13.6. The second-order valence-corrected chi connectivity index (χ2v) is 4.30. The van der Waals surface area contributed by atoms with Crippen molar-refractivity contribution in [1.82, 2.24) is 5.32 Å². The lowest BCUT2D eigenvalue weighted by Gasteiger charge is -2.18. The third-order valence-corrected chi connectivity index (χ3v) is 2.08. The minimum Gasteiger partial charge on any atom is -0.481 e. The van der Waals surface area contributed by atoms with Gasteiger partial charge in [-0.15, -0.1) is 0 Å². The molecule has 100 valence electrons. The van der Waals surface area contributed by atoms with E-state index < -0.39 is 24.0 Å². The molecule has 0 radical (unpaired) electrons. The van der Waals surface area contributed by atoms with Gasteiger partial charge >= 0.3 is 18.1 Å². The molecule has 0 aromatic heterocycles. The van der Waals surface area contributed by atoms with Crippen LogP contribution in [0.15, 0.2) is 0 Å². The predicted octanol–water partition coefficient (Wildman–Crippen LogP) is 1.80. The molecular formula is C10H16F3NO3. The number of amides is 1. The molecule has 1 atom stereocenters. The van der Waals surface area contributed by atoms with Gasteiger partial charge < -0.3 is 10.4 Å². The van der Waals surface area contributed by atoms with Gasteiger partial charge in [-0.2, -0.15) is 13.2 Å². The van der Waals surface area contributed by atoms with Crippen LogP contribution in [0.25, 0.3) is 0 Å². The molecule has 1 amide bonds. The zero-order valence-electron chi connectivity index (χ0n) is 9.67. The number of alkyl halides is 3. The molecule has 0 fully saturated rings. The first kappa shape index (κ1) is 15.7. The third kappa shape index (κ3) is 7.59. The van der Waals surface area contributed by atoms with E-state index in [4.69, 9.17) is 5.11 Å². The summed E-state index contributed by atoms with van der Waals surface area (Å²) in [5.74, 6) is -3.45. The smallest absolute Gasteiger partial charge is 0.471 e. The molecule has 0 aliphatic heterocycles. The molecule has 0 aliphatic carbocycles. The molecule has 0 saturated heterocycles. The van der Waals surface area contributed by atoms with Crippen LogP contribution in [0.4, 0.5) is 13.2 Å². The lowest BCUT2D eigenvalue weighted by Crippen LogP contribution is -2.40. The molecule has 17 heavy (non-hydrogen) atoms. The van der Waals surface area contributed by atoms with E-state index in [-0.39, 0.29) is 18.9 Å². The van der Waals surface area contributed by atoms with Gasteiger partial charge in [-0.05, 0) is 18.3 Å². The largest absolute Gasteiger partial charge is 0.481 e. The van der Waals surface area contributed by atoms with E-state index in [2.05, 4.69) is 0 Å². The van der Waals surface area contributed by atoms with Crippen molar-refractivity contribution in [2.45, 2.75) is 32.9 Å². The Hall–Kier alpha value is -1.27. The molecular weight excluding hydrogens is 239 g/mol. The van der Waals surface area contributed by atoms with Gasteiger partial charge in [0.2, 0.25) is 0 Å². The maximum Gasteiger partial charge on any atom is 0.471 e. The van der Waals surface area contributed by atoms with E-state index in [9.17, 15) is 22.8 Å². The number of carbonyl (C=O) groups excluding carboxylic acids is 1. The monoisotopic (exact) mass is 255 g/mol. The average Bonchev–Trinajstić information content (AvgIpc) is 2.10. The van der Waals surface area contributed by atoms with Crippen LogP contribution in [0.2, 0.25) is 0 Å². The van der Waals surface area contributed by atoms with Crippen LogP contribution in [0.5, 0.6) is 0 Å². The van der Waals surface area contributed by atoms with Crippen molar-refractivity contribution in [2.75, 3.05) is 6.54 Å². The number of hydrogen-bond acceptors (Lipinski definition) is 2. The molecule has 0 spiro atoms. The van der Waals surface area contributed by atoms with Crippen LogP contribution in [-0.2, 0) is 9.59 Å². The lowest BCUT2D eigenvalue weighted by molar-refractivity contribution is -0.173. The van der Waals surface area contributed by atoms with Gasteiger partial charge in [-0.3, -0.25) is 9.59 Å². The Balaban J connectivity index is 4.25. The summed E-state index contributed by atoms with van der Waals surface area (Å²) in [5.41, 5.74) is 0. The molecule has 2 N–H and O–H groups in total. The quantitative estimate of drug-likeness (QED) is 0.760. The van der Waals surface area contributed by atoms with Crippen LogP contribution in [0.3, 0.4) is 0 Å². The zero-order valence-corrected chi connectivity index (χ0v) is 9.67. The standard InChI is InChI=1S/C10H16F3NO3/c1-6(2)3-7(4-8(15)16)5-14-9(17)10(11,12)13/h6-7H,3-5H2,1-2H3,(H,14,17)(H,15,16). The van der Waals surface area contributed by atoms with Crippen molar-refractivity contribution in [3.63, 3.8) is 0 Å². The Morgan fingerprint density at radius 1 is 1.29 bits per heavy atom. The molecule has 0 aromatic rings. The number of hydrogen-bond donors (Lipinski definition) is 2. The molecule has 0 saturated carbocycles. The predicted molar refractivity (Wildman–Crippen MR) is 54.3 cm³/mol. The summed E-state index contributed by atoms with van der Waals surface area (Å²) in [6.45, 7) is 3.39. The molecule has 7 heteroatoms. The van der Waals surface area contributed by atoms with Gasteiger partial charge in [0, 0.05) is 13.0 Å². The fourth-order valence-electron chi connectivity index (χ4n) is 1.49. The second-order valence-electron chi connectivity index (χ2n) is 4.30. The highest BCUT2D eigenvalue weighted by atomic mass is 19.4. The summed E-state index contributed by atoms with van der Waals surface area (Å²) < 4.78 is 35.7. The minimum absolute atomic E-state index is 0.155. The number of halogens is 3. The Labute approximate surface area is 97.2 Å². The lowest BCUT2D eigenvalue weighted by atomic mass is 9.94. The van der Waals surface area contributed by atoms with Crippen LogP contribution in [0, 0.1) is 11.8 Å². The van der Waals surface area contributed by atoms with E-state index in [0.717, 1.165) is 0 Å². The van der Waals surface area contributed by atoms with E-state index in [1.54, 1.807) is 5.32 Å². The van der Waals surface area contributed by atoms with E-state index in [1.165, 1.54) is 0 Å². The normalized spacial score (nSPS) is 13.5. The summed E-state index contributed by atoms with van der Waals surface area (Å²) in [5, 5.41) is 10.3. The van der Waals surface area contributed by atoms with Crippen LogP contribution < -0.4 is 5.32 Å². The van der Waals surface area contributed by atoms with Gasteiger partial charge in [-0.25, -0.2) is 0 Å². The molecule has 0 rings (SSSR count). The molecule has 0 bridgehead atoms. The van der Waals surface area contributed by atoms with Crippen LogP contribution >= 0.6 is 0 Å². The second kappa shape index (κ2) is 6.46. The van der Waals surface area contributed by atoms with Crippen LogP contribution in [0.1, 0.15) is 26.7 Å². The first-order valence-electron chi connectivity index (χ1n) is 5.19. The third-order valence-electron chi connectivity index (χ3n) is 2.08. The van der Waals surface area contributed by atoms with Gasteiger partial charge in [0.05, 0.1) is 0 Å². The van der Waals surface area contributed by atoms with E-state index in [0.29, 0.717) is 6.42 Å². The molecule has 4 nitrogen and oxygen atoms in total. The van der Waals surface area contributed by atoms with E-state index in [1.807, 2.05) is 13.8 Å². The van der Waals surface area contributed by atoms with Crippen molar-refractivity contribution in [2.24, 2.45) is 11.8 Å². The molecule has 1 unspecified atom stereocenters. The number of rotatable bonds is 6. The SMILES string of the molecule is CC(C)CC(CNC(=O)C(F)(F)F)CC(=O)O. The number of nitrogens with one attached hydrogen (secondary N) is 1. The Kier molecular flexibility index (Phi) is 5.98. The van der Waals surface area contributed by atoms with Crippen molar-refractivity contribution in [3.05, 3.63) is 0 Å². The highest BCUT2D eigenvalue weighted by Gasteiger charge is 2.38. The topological polar surface area (TPSA) is 66.4 Å². The first-order chi connectivity index (χ1) is 7.62. The number of aliphatic carboxylic acids is 1. The summed E-state index contributed by atoms with van der Waals surface area (Å²) in [6, 6.07) is 0.